The first-order valence-corrected chi connectivity index (χ1v) is 5.35. The minimum Gasteiger partial charge on any atom is -0.493 e. The van der Waals surface area contributed by atoms with Crippen LogP contribution in [0.4, 0.5) is 0 Å². The van der Waals surface area contributed by atoms with Crippen molar-refractivity contribution < 1.29 is 19.2 Å². The van der Waals surface area contributed by atoms with Gasteiger partial charge in [0.15, 0.2) is 11.5 Å². The number of methoxy groups -OCH3 is 2. The third-order valence-corrected chi connectivity index (χ3v) is 2.62. The van der Waals surface area contributed by atoms with E-state index in [4.69, 9.17) is 9.47 Å². The molecule has 0 spiro atoms. The molecule has 0 atom stereocenters. The summed E-state index contributed by atoms with van der Waals surface area (Å²) >= 11 is 3.21. The molecule has 0 aromatic heterocycles. The molecule has 0 N–H and O–H groups in total. The molecule has 1 aromatic rings. The van der Waals surface area contributed by atoms with Gasteiger partial charge >= 0.3 is 0 Å². The molecular weight excluding hydrogens is 294 g/mol. The van der Waals surface area contributed by atoms with Crippen molar-refractivity contribution in [1.82, 2.24) is 0 Å². The van der Waals surface area contributed by atoms with Gasteiger partial charge in [-0.1, -0.05) is 0 Å². The second-order valence-electron chi connectivity index (χ2n) is 3.11. The van der Waals surface area contributed by atoms with Crippen LogP contribution in [0.5, 0.6) is 11.5 Å². The largest absolute Gasteiger partial charge is 0.493 e. The Bertz CT molecular complexity index is 460. The summed E-state index contributed by atoms with van der Waals surface area (Å²) in [6.07, 6.45) is 0. The summed E-state index contributed by atoms with van der Waals surface area (Å²) in [6, 6.07) is 2.88. The van der Waals surface area contributed by atoms with E-state index in [2.05, 4.69) is 15.9 Å². The van der Waals surface area contributed by atoms with E-state index in [-0.39, 0.29) is 5.56 Å². The summed E-state index contributed by atoms with van der Waals surface area (Å²) in [6.45, 7) is -0.748. The van der Waals surface area contributed by atoms with Crippen LogP contribution >= 0.6 is 15.9 Å². The van der Waals surface area contributed by atoms with Crippen molar-refractivity contribution in [3.8, 4) is 11.5 Å². The zero-order chi connectivity index (χ0) is 13.0. The van der Waals surface area contributed by atoms with Crippen molar-refractivity contribution in [2.24, 2.45) is 0 Å². The molecule has 17 heavy (non-hydrogen) atoms. The molecule has 0 saturated carbocycles. The predicted molar refractivity (Wildman–Crippen MR) is 63.4 cm³/mol. The number of nitrogens with zero attached hydrogens (tertiary/aromatic N) is 1. The molecule has 6 nitrogen and oxygen atoms in total. The molecule has 92 valence electrons. The van der Waals surface area contributed by atoms with Crippen LogP contribution in [0.25, 0.3) is 0 Å². The van der Waals surface area contributed by atoms with Gasteiger partial charge in [-0.15, -0.1) is 0 Å². The lowest BCUT2D eigenvalue weighted by Crippen LogP contribution is -2.14. The fourth-order valence-corrected chi connectivity index (χ4v) is 1.89. The maximum Gasteiger partial charge on any atom is 0.265 e. The Morgan fingerprint density at radius 3 is 2.53 bits per heavy atom. The van der Waals surface area contributed by atoms with E-state index in [0.29, 0.717) is 16.0 Å². The number of carbonyl (C=O) groups excluding carboxylic acids is 1. The van der Waals surface area contributed by atoms with E-state index in [0.717, 1.165) is 0 Å². The minimum atomic E-state index is -0.748. The van der Waals surface area contributed by atoms with Gasteiger partial charge < -0.3 is 9.47 Å². The van der Waals surface area contributed by atoms with E-state index in [1.165, 1.54) is 26.4 Å². The molecule has 0 radical (unpaired) electrons. The number of ether oxygens (including phenoxy) is 2. The summed E-state index contributed by atoms with van der Waals surface area (Å²) in [7, 11) is 2.88. The number of Topliss-reactive ketones (excluding diaryl/α,β-unsaturated/α-hetero) is 1. The highest BCUT2D eigenvalue weighted by atomic mass is 79.9. The van der Waals surface area contributed by atoms with Gasteiger partial charge in [-0.2, -0.15) is 0 Å². The molecular formula is C10H10BrNO5. The van der Waals surface area contributed by atoms with Crippen LogP contribution < -0.4 is 9.47 Å². The standard InChI is InChI=1S/C10H10BrNO5/c1-16-9-4-6(8(13)5-12(14)15)3-7(11)10(9)17-2/h3-4H,5H2,1-2H3. The lowest BCUT2D eigenvalue weighted by Gasteiger charge is -2.10. The van der Waals surface area contributed by atoms with Crippen molar-refractivity contribution in [2.45, 2.75) is 0 Å². The topological polar surface area (TPSA) is 78.7 Å². The van der Waals surface area contributed by atoms with Crippen LogP contribution in [-0.4, -0.2) is 31.5 Å². The number of nitro groups is 1. The van der Waals surface area contributed by atoms with Gasteiger partial charge in [0.2, 0.25) is 5.78 Å². The quantitative estimate of drug-likeness (QED) is 0.472. The third kappa shape index (κ3) is 3.16. The third-order valence-electron chi connectivity index (χ3n) is 2.03. The molecule has 0 bridgehead atoms. The van der Waals surface area contributed by atoms with Crippen molar-refractivity contribution in [1.29, 1.82) is 0 Å². The van der Waals surface area contributed by atoms with Crippen LogP contribution in [0.2, 0.25) is 0 Å². The number of ketones is 1. The first kappa shape index (κ1) is 13.4. The molecule has 0 fully saturated rings. The number of benzene rings is 1. The highest BCUT2D eigenvalue weighted by Crippen LogP contribution is 2.36. The Morgan fingerprint density at radius 1 is 1.41 bits per heavy atom. The molecule has 0 amide bonds. The molecule has 1 rings (SSSR count). The lowest BCUT2D eigenvalue weighted by molar-refractivity contribution is -0.465. The molecule has 0 saturated heterocycles. The molecule has 1 aromatic carbocycles. The highest BCUT2D eigenvalue weighted by Gasteiger charge is 2.18. The number of hydrogen-bond donors (Lipinski definition) is 0. The fourth-order valence-electron chi connectivity index (χ4n) is 1.29. The van der Waals surface area contributed by atoms with E-state index < -0.39 is 17.3 Å². The highest BCUT2D eigenvalue weighted by molar-refractivity contribution is 9.10. The van der Waals surface area contributed by atoms with Crippen molar-refractivity contribution in [3.05, 3.63) is 32.3 Å². The van der Waals surface area contributed by atoms with Crippen LogP contribution in [-0.2, 0) is 0 Å². The van der Waals surface area contributed by atoms with Gasteiger partial charge in [0.05, 0.1) is 18.7 Å². The SMILES string of the molecule is COc1cc(C(=O)C[N+](=O)[O-])cc(Br)c1OC. The number of halogens is 1. The zero-order valence-electron chi connectivity index (χ0n) is 9.23. The van der Waals surface area contributed by atoms with Crippen LogP contribution in [0.1, 0.15) is 10.4 Å². The lowest BCUT2D eigenvalue weighted by atomic mass is 10.1. The maximum atomic E-state index is 11.5. The molecule has 0 aliphatic carbocycles. The van der Waals surface area contributed by atoms with E-state index in [9.17, 15) is 14.9 Å². The summed E-state index contributed by atoms with van der Waals surface area (Å²) in [5, 5.41) is 10.3. The van der Waals surface area contributed by atoms with Gasteiger partial charge in [0.1, 0.15) is 0 Å². The molecule has 0 unspecified atom stereocenters. The summed E-state index contributed by atoms with van der Waals surface area (Å²) in [5.41, 5.74) is 0.200. The Hall–Kier alpha value is -1.63. The first-order chi connectivity index (χ1) is 7.99. The van der Waals surface area contributed by atoms with Crippen molar-refractivity contribution in [2.75, 3.05) is 20.8 Å². The van der Waals surface area contributed by atoms with Gasteiger partial charge in [0, 0.05) is 10.5 Å². The van der Waals surface area contributed by atoms with Crippen LogP contribution in [0.3, 0.4) is 0 Å². The molecule has 0 heterocycles. The summed E-state index contributed by atoms with van der Waals surface area (Å²) < 4.78 is 10.6. The van der Waals surface area contributed by atoms with Gasteiger partial charge in [-0.3, -0.25) is 14.9 Å². The molecule has 0 aliphatic heterocycles. The van der Waals surface area contributed by atoms with Crippen molar-refractivity contribution >= 4 is 21.7 Å². The predicted octanol–water partition coefficient (Wildman–Crippen LogP) is 1.93. The van der Waals surface area contributed by atoms with Gasteiger partial charge in [-0.25, -0.2) is 0 Å². The Kier molecular flexibility index (Phi) is 4.45. The Morgan fingerprint density at radius 2 is 2.06 bits per heavy atom. The van der Waals surface area contributed by atoms with Gasteiger partial charge in [-0.05, 0) is 28.1 Å². The number of rotatable bonds is 5. The minimum absolute atomic E-state index is 0.200. The smallest absolute Gasteiger partial charge is 0.265 e. The average molecular weight is 304 g/mol. The Labute approximate surface area is 106 Å². The zero-order valence-corrected chi connectivity index (χ0v) is 10.8. The van der Waals surface area contributed by atoms with Crippen molar-refractivity contribution in [3.63, 3.8) is 0 Å². The van der Waals surface area contributed by atoms with Gasteiger partial charge in [0.25, 0.3) is 6.54 Å². The van der Waals surface area contributed by atoms with E-state index in [1.54, 1.807) is 0 Å². The van der Waals surface area contributed by atoms with Crippen LogP contribution in [0.15, 0.2) is 16.6 Å². The molecule has 7 heteroatoms. The Balaban J connectivity index is 3.15. The second kappa shape index (κ2) is 5.62. The monoisotopic (exact) mass is 303 g/mol. The second-order valence-corrected chi connectivity index (χ2v) is 3.96. The normalized spacial score (nSPS) is 9.82. The number of carbonyl (C=O) groups is 1. The summed E-state index contributed by atoms with van der Waals surface area (Å²) in [5.74, 6) is 0.190. The maximum absolute atomic E-state index is 11.5. The molecule has 0 aliphatic rings. The first-order valence-electron chi connectivity index (χ1n) is 4.56. The van der Waals surface area contributed by atoms with Crippen LogP contribution in [0, 0.1) is 10.1 Å². The average Bonchev–Trinajstić information content (AvgIpc) is 2.26. The fraction of sp³-hybridized carbons (Fsp3) is 0.300. The number of hydrogen-bond acceptors (Lipinski definition) is 5. The van der Waals surface area contributed by atoms with E-state index >= 15 is 0 Å². The van der Waals surface area contributed by atoms with E-state index in [1.807, 2.05) is 0 Å². The summed E-state index contributed by atoms with van der Waals surface area (Å²) in [4.78, 5) is 21.1.